The first-order valence-corrected chi connectivity index (χ1v) is 7.36. The van der Waals surface area contributed by atoms with Crippen molar-refractivity contribution < 1.29 is 9.13 Å². The highest BCUT2D eigenvalue weighted by Crippen LogP contribution is 2.23. The Hall–Kier alpha value is -1.15. The van der Waals surface area contributed by atoms with E-state index < -0.39 is 0 Å². The second-order valence-electron chi connectivity index (χ2n) is 4.67. The average Bonchev–Trinajstić information content (AvgIpc) is 2.70. The van der Waals surface area contributed by atoms with E-state index in [1.807, 2.05) is 24.6 Å². The second kappa shape index (κ2) is 6.53. The Morgan fingerprint density at radius 3 is 2.90 bits per heavy atom. The van der Waals surface area contributed by atoms with Crippen LogP contribution in [0.1, 0.15) is 12.6 Å². The summed E-state index contributed by atoms with van der Waals surface area (Å²) in [6.45, 7) is 4.54. The van der Waals surface area contributed by atoms with Crippen molar-refractivity contribution >= 4 is 28.5 Å². The maximum Gasteiger partial charge on any atom is 0.208 e. The predicted molar refractivity (Wildman–Crippen MR) is 85.9 cm³/mol. The van der Waals surface area contributed by atoms with Crippen LogP contribution in [-0.2, 0) is 4.74 Å². The van der Waals surface area contributed by atoms with Crippen molar-refractivity contribution in [3.05, 3.63) is 39.5 Å². The van der Waals surface area contributed by atoms with Crippen LogP contribution in [0.5, 0.6) is 0 Å². The Morgan fingerprint density at radius 2 is 2.25 bits per heavy atom. The van der Waals surface area contributed by atoms with Gasteiger partial charge in [0, 0.05) is 22.9 Å². The van der Waals surface area contributed by atoms with Crippen molar-refractivity contribution in [3.63, 3.8) is 0 Å². The van der Waals surface area contributed by atoms with E-state index in [4.69, 9.17) is 4.74 Å². The van der Waals surface area contributed by atoms with Gasteiger partial charge in [-0.3, -0.25) is 4.57 Å². The summed E-state index contributed by atoms with van der Waals surface area (Å²) >= 11 is 2.12. The Balaban J connectivity index is 2.36. The molecule has 0 aliphatic rings. The molecule has 0 saturated carbocycles. The summed E-state index contributed by atoms with van der Waals surface area (Å²) < 4.78 is 21.1. The van der Waals surface area contributed by atoms with Crippen molar-refractivity contribution in [3.8, 4) is 5.69 Å². The van der Waals surface area contributed by atoms with Gasteiger partial charge in [-0.05, 0) is 54.6 Å². The Labute approximate surface area is 131 Å². The summed E-state index contributed by atoms with van der Waals surface area (Å²) in [6.07, 6.45) is 1.93. The fourth-order valence-corrected chi connectivity index (χ4v) is 2.71. The van der Waals surface area contributed by atoms with Crippen molar-refractivity contribution in [1.82, 2.24) is 9.55 Å². The van der Waals surface area contributed by atoms with E-state index in [0.29, 0.717) is 6.61 Å². The molecule has 1 heterocycles. The van der Waals surface area contributed by atoms with Crippen LogP contribution in [0.3, 0.4) is 0 Å². The van der Waals surface area contributed by atoms with Gasteiger partial charge in [-0.1, -0.05) is 0 Å². The lowest BCUT2D eigenvalue weighted by Gasteiger charge is -2.16. The summed E-state index contributed by atoms with van der Waals surface area (Å²) in [7, 11) is 1.67. The molecule has 108 valence electrons. The molecule has 6 heteroatoms. The van der Waals surface area contributed by atoms with Crippen molar-refractivity contribution in [2.75, 3.05) is 19.0 Å². The van der Waals surface area contributed by atoms with Gasteiger partial charge in [0.25, 0.3) is 0 Å². The number of benzene rings is 1. The molecule has 0 radical (unpaired) electrons. The van der Waals surface area contributed by atoms with E-state index in [9.17, 15) is 4.39 Å². The summed E-state index contributed by atoms with van der Waals surface area (Å²) in [5.41, 5.74) is 1.80. The van der Waals surface area contributed by atoms with Crippen LogP contribution in [0.2, 0.25) is 0 Å². The molecule has 1 N–H and O–H groups in total. The second-order valence-corrected chi connectivity index (χ2v) is 5.83. The summed E-state index contributed by atoms with van der Waals surface area (Å²) in [4.78, 5) is 4.47. The Bertz CT molecular complexity index is 600. The molecule has 1 aromatic carbocycles. The van der Waals surface area contributed by atoms with Crippen LogP contribution in [-0.4, -0.2) is 29.3 Å². The molecule has 2 aromatic rings. The number of hydrogen-bond donors (Lipinski definition) is 1. The van der Waals surface area contributed by atoms with E-state index in [1.165, 1.54) is 12.1 Å². The third kappa shape index (κ3) is 3.49. The number of imidazole rings is 1. The van der Waals surface area contributed by atoms with Crippen LogP contribution in [0.15, 0.2) is 24.4 Å². The Kier molecular flexibility index (Phi) is 4.98. The molecule has 0 bridgehead atoms. The summed E-state index contributed by atoms with van der Waals surface area (Å²) in [6, 6.07) is 4.85. The lowest BCUT2D eigenvalue weighted by Crippen LogP contribution is -2.23. The molecule has 0 fully saturated rings. The van der Waals surface area contributed by atoms with E-state index in [-0.39, 0.29) is 11.9 Å². The van der Waals surface area contributed by atoms with Crippen molar-refractivity contribution in [2.24, 2.45) is 0 Å². The van der Waals surface area contributed by atoms with Crippen LogP contribution >= 0.6 is 22.6 Å². The van der Waals surface area contributed by atoms with E-state index in [2.05, 4.69) is 32.9 Å². The molecular weight excluding hydrogens is 372 g/mol. The monoisotopic (exact) mass is 389 g/mol. The molecule has 4 nitrogen and oxygen atoms in total. The molecule has 20 heavy (non-hydrogen) atoms. The van der Waals surface area contributed by atoms with Gasteiger partial charge in [0.15, 0.2) is 0 Å². The van der Waals surface area contributed by atoms with Crippen LogP contribution in [0.25, 0.3) is 5.69 Å². The third-order valence-electron chi connectivity index (χ3n) is 2.79. The molecule has 0 amide bonds. The highest BCUT2D eigenvalue weighted by molar-refractivity contribution is 14.1. The van der Waals surface area contributed by atoms with Crippen LogP contribution < -0.4 is 5.32 Å². The smallest absolute Gasteiger partial charge is 0.208 e. The van der Waals surface area contributed by atoms with Crippen LogP contribution in [0, 0.1) is 16.3 Å². The van der Waals surface area contributed by atoms with Crippen LogP contribution in [0.4, 0.5) is 10.3 Å². The zero-order valence-electron chi connectivity index (χ0n) is 11.7. The highest BCUT2D eigenvalue weighted by atomic mass is 127. The molecule has 1 atom stereocenters. The molecule has 0 aliphatic carbocycles. The Morgan fingerprint density at radius 1 is 1.50 bits per heavy atom. The number of rotatable bonds is 5. The number of hydrogen-bond acceptors (Lipinski definition) is 3. The average molecular weight is 389 g/mol. The first-order chi connectivity index (χ1) is 9.51. The quantitative estimate of drug-likeness (QED) is 0.798. The molecular formula is C14H17FIN3O. The fourth-order valence-electron chi connectivity index (χ4n) is 1.97. The first-order valence-electron chi connectivity index (χ1n) is 6.28. The number of halogens is 2. The standard InChI is InChI=1S/C14H17FIN3O/c1-9-7-19(13-5-4-11(15)6-12(13)16)14(17-9)18-10(2)8-20-3/h4-7,10H,8H2,1-3H3,(H,17,18). The molecule has 1 unspecified atom stereocenters. The largest absolute Gasteiger partial charge is 0.383 e. The van der Waals surface area contributed by atoms with Gasteiger partial charge < -0.3 is 10.1 Å². The van der Waals surface area contributed by atoms with E-state index >= 15 is 0 Å². The normalized spacial score (nSPS) is 12.4. The minimum atomic E-state index is -0.239. The van der Waals surface area contributed by atoms with Gasteiger partial charge in [-0.2, -0.15) is 0 Å². The number of anilines is 1. The van der Waals surface area contributed by atoms with Gasteiger partial charge in [-0.25, -0.2) is 9.37 Å². The topological polar surface area (TPSA) is 39.1 Å². The summed E-state index contributed by atoms with van der Waals surface area (Å²) in [5, 5.41) is 3.30. The molecule has 0 spiro atoms. The number of aromatic nitrogens is 2. The maximum atomic E-state index is 13.2. The van der Waals surface area contributed by atoms with Crippen molar-refractivity contribution in [2.45, 2.75) is 19.9 Å². The van der Waals surface area contributed by atoms with Gasteiger partial charge in [0.05, 0.1) is 18.0 Å². The lowest BCUT2D eigenvalue weighted by molar-refractivity contribution is 0.190. The predicted octanol–water partition coefficient (Wildman–Crippen LogP) is 3.37. The number of aryl methyl sites for hydroxylation is 1. The number of nitrogens with one attached hydrogen (secondary N) is 1. The molecule has 0 aliphatic heterocycles. The van der Waals surface area contributed by atoms with Gasteiger partial charge in [-0.15, -0.1) is 0 Å². The van der Waals surface area contributed by atoms with E-state index in [0.717, 1.165) is 20.9 Å². The maximum absolute atomic E-state index is 13.2. The zero-order valence-corrected chi connectivity index (χ0v) is 13.8. The molecule has 2 rings (SSSR count). The van der Waals surface area contributed by atoms with Gasteiger partial charge in [0.1, 0.15) is 5.82 Å². The fraction of sp³-hybridized carbons (Fsp3) is 0.357. The van der Waals surface area contributed by atoms with E-state index in [1.54, 1.807) is 13.2 Å². The lowest BCUT2D eigenvalue weighted by atomic mass is 10.3. The SMILES string of the molecule is COCC(C)Nc1nc(C)cn1-c1ccc(F)cc1I. The number of ether oxygens (including phenoxy) is 1. The third-order valence-corrected chi connectivity index (χ3v) is 3.65. The van der Waals surface area contributed by atoms with Gasteiger partial charge >= 0.3 is 0 Å². The minimum absolute atomic E-state index is 0.138. The zero-order chi connectivity index (χ0) is 14.7. The highest BCUT2D eigenvalue weighted by Gasteiger charge is 2.13. The van der Waals surface area contributed by atoms with Crippen molar-refractivity contribution in [1.29, 1.82) is 0 Å². The molecule has 1 aromatic heterocycles. The first kappa shape index (κ1) is 15.2. The summed E-state index contributed by atoms with van der Waals surface area (Å²) in [5.74, 6) is 0.494. The van der Waals surface area contributed by atoms with Gasteiger partial charge in [0.2, 0.25) is 5.95 Å². The minimum Gasteiger partial charge on any atom is -0.383 e. The number of methoxy groups -OCH3 is 1. The number of nitrogens with zero attached hydrogens (tertiary/aromatic N) is 2. The molecule has 0 saturated heterocycles.